The summed E-state index contributed by atoms with van der Waals surface area (Å²) in [6.45, 7) is 2.06. The molecular formula is C17H19BrN2O. The number of anilines is 1. The lowest BCUT2D eigenvalue weighted by molar-refractivity contribution is 0.373. The highest BCUT2D eigenvalue weighted by molar-refractivity contribution is 9.10. The van der Waals surface area contributed by atoms with Crippen LogP contribution in [0.3, 0.4) is 0 Å². The van der Waals surface area contributed by atoms with Crippen molar-refractivity contribution >= 4 is 21.6 Å². The molecular weight excluding hydrogens is 328 g/mol. The van der Waals surface area contributed by atoms with Gasteiger partial charge in [-0.05, 0) is 70.9 Å². The van der Waals surface area contributed by atoms with Gasteiger partial charge in [-0.15, -0.1) is 0 Å². The van der Waals surface area contributed by atoms with Crippen LogP contribution >= 0.6 is 15.9 Å². The van der Waals surface area contributed by atoms with E-state index in [0.717, 1.165) is 21.6 Å². The minimum absolute atomic E-state index is 0.541. The molecule has 4 heteroatoms. The van der Waals surface area contributed by atoms with E-state index in [1.54, 1.807) is 7.11 Å². The predicted octanol–water partition coefficient (Wildman–Crippen LogP) is 4.52. The molecule has 0 aliphatic heterocycles. The Labute approximate surface area is 133 Å². The molecule has 2 aromatic rings. The number of hydrogen-bond donors (Lipinski definition) is 1. The van der Waals surface area contributed by atoms with E-state index in [-0.39, 0.29) is 0 Å². The van der Waals surface area contributed by atoms with Gasteiger partial charge in [0.25, 0.3) is 0 Å². The standard InChI is InChI=1S/C17H19BrN2O/c1-11-7-15(10-19-17(11)18)20-14-8-13(9-14)12-3-5-16(21-2)6-4-12/h3-7,10,13-14,20H,8-9H2,1-2H3. The molecule has 0 amide bonds. The van der Waals surface area contributed by atoms with Crippen molar-refractivity contribution in [3.8, 4) is 5.75 Å². The average molecular weight is 347 g/mol. The van der Waals surface area contributed by atoms with Crippen molar-refractivity contribution in [1.82, 2.24) is 4.98 Å². The lowest BCUT2D eigenvalue weighted by atomic mass is 9.76. The van der Waals surface area contributed by atoms with Crippen LogP contribution in [0.1, 0.15) is 29.9 Å². The minimum Gasteiger partial charge on any atom is -0.497 e. The molecule has 0 unspecified atom stereocenters. The summed E-state index contributed by atoms with van der Waals surface area (Å²) in [4.78, 5) is 4.33. The fraction of sp³-hybridized carbons (Fsp3) is 0.353. The third-order valence-corrected chi connectivity index (χ3v) is 4.94. The third-order valence-electron chi connectivity index (χ3n) is 4.11. The predicted molar refractivity (Wildman–Crippen MR) is 89.1 cm³/mol. The van der Waals surface area contributed by atoms with Gasteiger partial charge in [0, 0.05) is 6.04 Å². The van der Waals surface area contributed by atoms with Gasteiger partial charge in [-0.2, -0.15) is 0 Å². The molecule has 0 spiro atoms. The lowest BCUT2D eigenvalue weighted by Gasteiger charge is -2.37. The number of rotatable bonds is 4. The molecule has 3 rings (SSSR count). The van der Waals surface area contributed by atoms with E-state index in [4.69, 9.17) is 4.74 Å². The summed E-state index contributed by atoms with van der Waals surface area (Å²) in [6.07, 6.45) is 4.22. The van der Waals surface area contributed by atoms with E-state index in [1.807, 2.05) is 18.3 Å². The summed E-state index contributed by atoms with van der Waals surface area (Å²) in [7, 11) is 1.70. The van der Waals surface area contributed by atoms with Crippen molar-refractivity contribution in [2.24, 2.45) is 0 Å². The first-order valence-electron chi connectivity index (χ1n) is 7.18. The molecule has 110 valence electrons. The van der Waals surface area contributed by atoms with Crippen LogP contribution < -0.4 is 10.1 Å². The van der Waals surface area contributed by atoms with Crippen molar-refractivity contribution in [2.75, 3.05) is 12.4 Å². The molecule has 1 saturated carbocycles. The Morgan fingerprint density at radius 2 is 1.95 bits per heavy atom. The number of aromatic nitrogens is 1. The Morgan fingerprint density at radius 1 is 1.24 bits per heavy atom. The van der Waals surface area contributed by atoms with Crippen LogP contribution in [-0.4, -0.2) is 18.1 Å². The molecule has 1 fully saturated rings. The molecule has 0 atom stereocenters. The van der Waals surface area contributed by atoms with E-state index >= 15 is 0 Å². The van der Waals surface area contributed by atoms with Crippen molar-refractivity contribution in [3.05, 3.63) is 52.3 Å². The van der Waals surface area contributed by atoms with Gasteiger partial charge in [-0.25, -0.2) is 4.98 Å². The second-order valence-electron chi connectivity index (χ2n) is 5.61. The third kappa shape index (κ3) is 3.21. The van der Waals surface area contributed by atoms with Crippen molar-refractivity contribution in [1.29, 1.82) is 0 Å². The molecule has 1 N–H and O–H groups in total. The second-order valence-corrected chi connectivity index (χ2v) is 6.37. The summed E-state index contributed by atoms with van der Waals surface area (Å²) in [6, 6.07) is 11.1. The van der Waals surface area contributed by atoms with Gasteiger partial charge in [0.15, 0.2) is 0 Å². The fourth-order valence-corrected chi connectivity index (χ4v) is 2.97. The zero-order valence-electron chi connectivity index (χ0n) is 12.3. The first kappa shape index (κ1) is 14.4. The Morgan fingerprint density at radius 3 is 2.57 bits per heavy atom. The molecule has 0 radical (unpaired) electrons. The maximum absolute atomic E-state index is 5.20. The highest BCUT2D eigenvalue weighted by Crippen LogP contribution is 2.39. The molecule has 1 heterocycles. The highest BCUT2D eigenvalue weighted by atomic mass is 79.9. The Bertz CT molecular complexity index is 621. The zero-order valence-corrected chi connectivity index (χ0v) is 13.9. The largest absolute Gasteiger partial charge is 0.497 e. The fourth-order valence-electron chi connectivity index (χ4n) is 2.76. The first-order chi connectivity index (χ1) is 10.2. The van der Waals surface area contributed by atoms with Crippen LogP contribution in [0.5, 0.6) is 5.75 Å². The summed E-state index contributed by atoms with van der Waals surface area (Å²) < 4.78 is 6.11. The van der Waals surface area contributed by atoms with Crippen LogP contribution in [0, 0.1) is 6.92 Å². The minimum atomic E-state index is 0.541. The van der Waals surface area contributed by atoms with Crippen LogP contribution in [0.15, 0.2) is 41.1 Å². The normalized spacial score (nSPS) is 20.7. The molecule has 21 heavy (non-hydrogen) atoms. The van der Waals surface area contributed by atoms with Crippen LogP contribution in [0.4, 0.5) is 5.69 Å². The Kier molecular flexibility index (Phi) is 4.15. The monoisotopic (exact) mass is 346 g/mol. The quantitative estimate of drug-likeness (QED) is 0.826. The molecule has 0 saturated heterocycles. The summed E-state index contributed by atoms with van der Waals surface area (Å²) in [5.41, 5.74) is 3.67. The second kappa shape index (κ2) is 6.06. The lowest BCUT2D eigenvalue weighted by Crippen LogP contribution is -2.34. The number of methoxy groups -OCH3 is 1. The van der Waals surface area contributed by atoms with E-state index in [1.165, 1.54) is 18.4 Å². The van der Waals surface area contributed by atoms with Crippen LogP contribution in [0.25, 0.3) is 0 Å². The van der Waals surface area contributed by atoms with E-state index in [9.17, 15) is 0 Å². The number of hydrogen-bond acceptors (Lipinski definition) is 3. The van der Waals surface area contributed by atoms with E-state index in [2.05, 4.69) is 51.4 Å². The number of benzene rings is 1. The van der Waals surface area contributed by atoms with Crippen molar-refractivity contribution in [3.63, 3.8) is 0 Å². The van der Waals surface area contributed by atoms with Crippen molar-refractivity contribution in [2.45, 2.75) is 31.7 Å². The number of pyridine rings is 1. The molecule has 1 aliphatic rings. The Balaban J connectivity index is 1.56. The summed E-state index contributed by atoms with van der Waals surface area (Å²) >= 11 is 3.43. The number of nitrogens with one attached hydrogen (secondary N) is 1. The van der Waals surface area contributed by atoms with Crippen LogP contribution in [0.2, 0.25) is 0 Å². The average Bonchev–Trinajstić information content (AvgIpc) is 2.46. The maximum atomic E-state index is 5.20. The maximum Gasteiger partial charge on any atom is 0.118 e. The topological polar surface area (TPSA) is 34.1 Å². The molecule has 1 aromatic carbocycles. The van der Waals surface area contributed by atoms with Gasteiger partial charge >= 0.3 is 0 Å². The van der Waals surface area contributed by atoms with Gasteiger partial charge in [-0.3, -0.25) is 0 Å². The van der Waals surface area contributed by atoms with Gasteiger partial charge in [0.05, 0.1) is 19.0 Å². The summed E-state index contributed by atoms with van der Waals surface area (Å²) in [5, 5.41) is 3.56. The van der Waals surface area contributed by atoms with Gasteiger partial charge < -0.3 is 10.1 Å². The van der Waals surface area contributed by atoms with Crippen molar-refractivity contribution < 1.29 is 4.74 Å². The molecule has 0 bridgehead atoms. The summed E-state index contributed by atoms with van der Waals surface area (Å²) in [5.74, 6) is 1.57. The molecule has 1 aliphatic carbocycles. The zero-order chi connectivity index (χ0) is 14.8. The van der Waals surface area contributed by atoms with Crippen LogP contribution in [-0.2, 0) is 0 Å². The van der Waals surface area contributed by atoms with Gasteiger partial charge in [-0.1, -0.05) is 12.1 Å². The SMILES string of the molecule is COc1ccc(C2CC(Nc3cnc(Br)c(C)c3)C2)cc1. The van der Waals surface area contributed by atoms with E-state index in [0.29, 0.717) is 12.0 Å². The van der Waals surface area contributed by atoms with Gasteiger partial charge in [0.2, 0.25) is 0 Å². The molecule has 1 aromatic heterocycles. The van der Waals surface area contributed by atoms with Gasteiger partial charge in [0.1, 0.15) is 10.4 Å². The number of ether oxygens (including phenoxy) is 1. The number of halogens is 1. The van der Waals surface area contributed by atoms with E-state index < -0.39 is 0 Å². The smallest absolute Gasteiger partial charge is 0.118 e. The molecule has 3 nitrogen and oxygen atoms in total. The first-order valence-corrected chi connectivity index (χ1v) is 7.97. The number of nitrogens with zero attached hydrogens (tertiary/aromatic N) is 1. The highest BCUT2D eigenvalue weighted by Gasteiger charge is 2.30. The number of aryl methyl sites for hydroxylation is 1. The Hall–Kier alpha value is -1.55.